The lowest BCUT2D eigenvalue weighted by Gasteiger charge is -2.38. The van der Waals surface area contributed by atoms with Gasteiger partial charge in [-0.15, -0.1) is 0 Å². The number of carbonyl (C=O) groups is 1. The Morgan fingerprint density at radius 2 is 1.69 bits per heavy atom. The first-order valence-corrected chi connectivity index (χ1v) is 12.0. The number of amides is 1. The third-order valence-electron chi connectivity index (χ3n) is 6.78. The monoisotopic (exact) mass is 486 g/mol. The van der Waals surface area contributed by atoms with E-state index < -0.39 is 6.09 Å². The van der Waals surface area contributed by atoms with E-state index in [2.05, 4.69) is 39.4 Å². The highest BCUT2D eigenvalue weighted by molar-refractivity contribution is 5.68. The van der Waals surface area contributed by atoms with E-state index in [0.29, 0.717) is 45.2 Å². The van der Waals surface area contributed by atoms with Crippen molar-refractivity contribution in [2.45, 2.75) is 6.04 Å². The molecule has 4 heterocycles. The van der Waals surface area contributed by atoms with Gasteiger partial charge in [0.2, 0.25) is 0 Å². The van der Waals surface area contributed by atoms with Crippen molar-refractivity contribution in [1.29, 1.82) is 0 Å². The molecule has 4 aromatic rings. The zero-order valence-corrected chi connectivity index (χ0v) is 19.6. The second-order valence-electron chi connectivity index (χ2n) is 8.87. The SMILES string of the molecule is O=C(O)N1CCN(C(c2ccc(-c3ccc4c(c3)OCCO4)cc2)c2cn[nH]c2-c2ccco2)CC1. The zero-order chi connectivity index (χ0) is 24.5. The van der Waals surface area contributed by atoms with Crippen LogP contribution in [0.3, 0.4) is 0 Å². The molecule has 1 amide bonds. The number of fused-ring (bicyclic) bond motifs is 1. The summed E-state index contributed by atoms with van der Waals surface area (Å²) < 4.78 is 17.1. The van der Waals surface area contributed by atoms with Crippen LogP contribution in [0.25, 0.3) is 22.6 Å². The Labute approximate surface area is 207 Å². The Kier molecular flexibility index (Phi) is 5.82. The van der Waals surface area contributed by atoms with Crippen LogP contribution in [-0.4, -0.2) is 70.6 Å². The minimum Gasteiger partial charge on any atom is -0.486 e. The number of hydrogen-bond donors (Lipinski definition) is 2. The van der Waals surface area contributed by atoms with Crippen molar-refractivity contribution in [1.82, 2.24) is 20.0 Å². The number of carboxylic acid groups (broad SMARTS) is 1. The van der Waals surface area contributed by atoms with Gasteiger partial charge in [0.15, 0.2) is 17.3 Å². The van der Waals surface area contributed by atoms with E-state index in [1.165, 1.54) is 4.90 Å². The van der Waals surface area contributed by atoms with Crippen molar-refractivity contribution in [2.75, 3.05) is 39.4 Å². The summed E-state index contributed by atoms with van der Waals surface area (Å²) in [5, 5.41) is 16.8. The van der Waals surface area contributed by atoms with Gasteiger partial charge in [-0.25, -0.2) is 4.79 Å². The van der Waals surface area contributed by atoms with E-state index in [-0.39, 0.29) is 6.04 Å². The molecule has 2 aromatic carbocycles. The Balaban J connectivity index is 1.34. The van der Waals surface area contributed by atoms with Crippen molar-refractivity contribution in [3.05, 3.63) is 78.2 Å². The van der Waals surface area contributed by atoms with Gasteiger partial charge in [-0.05, 0) is 41.0 Å². The Morgan fingerprint density at radius 3 is 2.42 bits per heavy atom. The topological polar surface area (TPSA) is 104 Å². The zero-order valence-electron chi connectivity index (χ0n) is 19.6. The second-order valence-corrected chi connectivity index (χ2v) is 8.87. The van der Waals surface area contributed by atoms with Gasteiger partial charge in [-0.2, -0.15) is 5.10 Å². The molecule has 9 heteroatoms. The standard InChI is InChI=1S/C27H26N4O5/c32-27(33)31-11-9-30(10-12-31)26(21-17-28-29-25(21)23-2-1-13-34-23)19-5-3-18(4-6-19)20-7-8-22-24(16-20)36-15-14-35-22/h1-8,13,16-17,26H,9-12,14-15H2,(H,28,29)(H,32,33). The Hall–Kier alpha value is -4.24. The second kappa shape index (κ2) is 9.43. The molecular weight excluding hydrogens is 460 g/mol. The van der Waals surface area contributed by atoms with Crippen LogP contribution in [0.2, 0.25) is 0 Å². The van der Waals surface area contributed by atoms with Gasteiger partial charge >= 0.3 is 6.09 Å². The normalized spacial score (nSPS) is 16.6. The maximum atomic E-state index is 11.5. The van der Waals surface area contributed by atoms with Crippen LogP contribution < -0.4 is 9.47 Å². The first-order valence-electron chi connectivity index (χ1n) is 12.0. The number of H-pyrrole nitrogens is 1. The number of piperazine rings is 1. The van der Waals surface area contributed by atoms with E-state index in [1.807, 2.05) is 36.5 Å². The summed E-state index contributed by atoms with van der Waals surface area (Å²) in [6.07, 6.45) is 2.60. The molecule has 1 unspecified atom stereocenters. The van der Waals surface area contributed by atoms with Gasteiger partial charge in [-0.3, -0.25) is 10.00 Å². The number of rotatable bonds is 5. The number of ether oxygens (including phenoxy) is 2. The molecule has 2 aliphatic rings. The molecule has 6 rings (SSSR count). The molecule has 0 aliphatic carbocycles. The summed E-state index contributed by atoms with van der Waals surface area (Å²) in [6, 6.07) is 18.1. The molecule has 0 saturated carbocycles. The molecule has 2 aromatic heterocycles. The number of aromatic nitrogens is 2. The fourth-order valence-electron chi connectivity index (χ4n) is 4.96. The highest BCUT2D eigenvalue weighted by Gasteiger charge is 2.31. The summed E-state index contributed by atoms with van der Waals surface area (Å²) in [7, 11) is 0. The molecule has 2 N–H and O–H groups in total. The smallest absolute Gasteiger partial charge is 0.407 e. The number of benzene rings is 2. The lowest BCUT2D eigenvalue weighted by Crippen LogP contribution is -2.49. The van der Waals surface area contributed by atoms with Crippen LogP contribution in [0.1, 0.15) is 17.2 Å². The van der Waals surface area contributed by atoms with E-state index in [4.69, 9.17) is 13.9 Å². The number of nitrogens with zero attached hydrogens (tertiary/aromatic N) is 3. The average Bonchev–Trinajstić information content (AvgIpc) is 3.62. The summed E-state index contributed by atoms with van der Waals surface area (Å²) in [4.78, 5) is 15.2. The van der Waals surface area contributed by atoms with Gasteiger partial charge in [-0.1, -0.05) is 30.3 Å². The molecule has 1 saturated heterocycles. The number of aromatic amines is 1. The average molecular weight is 487 g/mol. The van der Waals surface area contributed by atoms with Crippen molar-refractivity contribution in [3.8, 4) is 34.1 Å². The van der Waals surface area contributed by atoms with Crippen LogP contribution in [0.15, 0.2) is 71.5 Å². The van der Waals surface area contributed by atoms with Crippen molar-refractivity contribution in [3.63, 3.8) is 0 Å². The molecule has 0 radical (unpaired) electrons. The predicted molar refractivity (Wildman–Crippen MR) is 132 cm³/mol. The van der Waals surface area contributed by atoms with Crippen molar-refractivity contribution < 1.29 is 23.8 Å². The maximum Gasteiger partial charge on any atom is 0.407 e. The van der Waals surface area contributed by atoms with Crippen LogP contribution in [0.4, 0.5) is 4.79 Å². The van der Waals surface area contributed by atoms with Crippen LogP contribution in [0, 0.1) is 0 Å². The lowest BCUT2D eigenvalue weighted by atomic mass is 9.94. The van der Waals surface area contributed by atoms with Crippen molar-refractivity contribution >= 4 is 6.09 Å². The molecular formula is C27H26N4O5. The Morgan fingerprint density at radius 1 is 0.944 bits per heavy atom. The highest BCUT2D eigenvalue weighted by atomic mass is 16.6. The molecule has 9 nitrogen and oxygen atoms in total. The first kappa shape index (κ1) is 22.2. The predicted octanol–water partition coefficient (Wildman–Crippen LogP) is 4.49. The van der Waals surface area contributed by atoms with E-state index in [0.717, 1.165) is 39.4 Å². The quantitative estimate of drug-likeness (QED) is 0.428. The molecule has 0 bridgehead atoms. The molecule has 0 spiro atoms. The minimum atomic E-state index is -0.880. The highest BCUT2D eigenvalue weighted by Crippen LogP contribution is 2.38. The van der Waals surface area contributed by atoms with Crippen molar-refractivity contribution in [2.24, 2.45) is 0 Å². The van der Waals surface area contributed by atoms with E-state index in [1.54, 1.807) is 6.26 Å². The molecule has 36 heavy (non-hydrogen) atoms. The molecule has 2 aliphatic heterocycles. The molecule has 1 atom stereocenters. The third kappa shape index (κ3) is 4.18. The first-order chi connectivity index (χ1) is 17.7. The van der Waals surface area contributed by atoms with E-state index in [9.17, 15) is 9.90 Å². The summed E-state index contributed by atoms with van der Waals surface area (Å²) in [6.45, 7) is 3.25. The van der Waals surface area contributed by atoms with Gasteiger partial charge in [0.05, 0.1) is 18.5 Å². The lowest BCUT2D eigenvalue weighted by molar-refractivity contribution is 0.0933. The van der Waals surface area contributed by atoms with Crippen LogP contribution in [-0.2, 0) is 0 Å². The fraction of sp³-hybridized carbons (Fsp3) is 0.259. The van der Waals surface area contributed by atoms with Crippen LogP contribution in [0.5, 0.6) is 11.5 Å². The largest absolute Gasteiger partial charge is 0.486 e. The maximum absolute atomic E-state index is 11.5. The van der Waals surface area contributed by atoms with Gasteiger partial charge in [0, 0.05) is 31.7 Å². The molecule has 184 valence electrons. The van der Waals surface area contributed by atoms with Crippen LogP contribution >= 0.6 is 0 Å². The summed E-state index contributed by atoms with van der Waals surface area (Å²) in [5.74, 6) is 2.25. The fourth-order valence-corrected chi connectivity index (χ4v) is 4.96. The molecule has 1 fully saturated rings. The minimum absolute atomic E-state index is 0.117. The van der Waals surface area contributed by atoms with E-state index >= 15 is 0 Å². The third-order valence-corrected chi connectivity index (χ3v) is 6.78. The summed E-state index contributed by atoms with van der Waals surface area (Å²) >= 11 is 0. The Bertz CT molecular complexity index is 1340. The van der Waals surface area contributed by atoms with Gasteiger partial charge < -0.3 is 23.9 Å². The number of furan rings is 1. The van der Waals surface area contributed by atoms with Gasteiger partial charge in [0.25, 0.3) is 0 Å². The summed E-state index contributed by atoms with van der Waals surface area (Å²) in [5.41, 5.74) is 5.03. The number of hydrogen-bond acceptors (Lipinski definition) is 6. The van der Waals surface area contributed by atoms with Gasteiger partial charge in [0.1, 0.15) is 18.9 Å². The number of nitrogens with one attached hydrogen (secondary N) is 1.